The Morgan fingerprint density at radius 3 is 2.71 bits per heavy atom. The maximum atomic E-state index is 12.4. The van der Waals surface area contributed by atoms with Crippen molar-refractivity contribution in [3.8, 4) is 0 Å². The molecule has 7 heteroatoms. The van der Waals surface area contributed by atoms with Gasteiger partial charge in [0.2, 0.25) is 0 Å². The van der Waals surface area contributed by atoms with Crippen molar-refractivity contribution in [2.45, 2.75) is 38.1 Å². The molecule has 116 valence electrons. The maximum absolute atomic E-state index is 12.4. The molecule has 0 saturated carbocycles. The van der Waals surface area contributed by atoms with Crippen molar-refractivity contribution in [3.05, 3.63) is 4.88 Å². The number of anilines is 2. The van der Waals surface area contributed by atoms with E-state index in [0.29, 0.717) is 10.7 Å². The summed E-state index contributed by atoms with van der Waals surface area (Å²) in [6.45, 7) is 3.95. The number of amides is 1. The predicted molar refractivity (Wildman–Crippen MR) is 85.9 cm³/mol. The summed E-state index contributed by atoms with van der Waals surface area (Å²) in [5.41, 5.74) is 5.95. The lowest BCUT2D eigenvalue weighted by atomic mass is 10.1. The van der Waals surface area contributed by atoms with Crippen LogP contribution >= 0.6 is 11.3 Å². The van der Waals surface area contributed by atoms with Crippen molar-refractivity contribution in [1.29, 1.82) is 0 Å². The molecule has 0 radical (unpaired) electrons. The van der Waals surface area contributed by atoms with E-state index in [1.54, 1.807) is 0 Å². The van der Waals surface area contributed by atoms with E-state index in [1.165, 1.54) is 30.6 Å². The number of piperidine rings is 2. The molecule has 2 aliphatic heterocycles. The topological polar surface area (TPSA) is 83.3 Å². The van der Waals surface area contributed by atoms with Crippen LogP contribution in [-0.2, 0) is 0 Å². The van der Waals surface area contributed by atoms with Gasteiger partial charge >= 0.3 is 0 Å². The van der Waals surface area contributed by atoms with Crippen LogP contribution in [0.3, 0.4) is 0 Å². The van der Waals surface area contributed by atoms with Crippen LogP contribution in [0, 0.1) is 0 Å². The molecule has 0 unspecified atom stereocenters. The van der Waals surface area contributed by atoms with E-state index in [2.05, 4.69) is 20.5 Å². The smallest absolute Gasteiger partial charge is 0.265 e. The molecule has 0 bridgehead atoms. The Hall–Kier alpha value is -1.34. The number of nitrogens with zero attached hydrogens (tertiary/aromatic N) is 2. The molecule has 0 aromatic carbocycles. The van der Waals surface area contributed by atoms with Gasteiger partial charge in [-0.25, -0.2) is 4.98 Å². The van der Waals surface area contributed by atoms with Crippen LogP contribution in [0.2, 0.25) is 0 Å². The third kappa shape index (κ3) is 3.47. The van der Waals surface area contributed by atoms with Crippen LogP contribution in [0.15, 0.2) is 0 Å². The van der Waals surface area contributed by atoms with E-state index in [1.807, 2.05) is 0 Å². The first kappa shape index (κ1) is 14.6. The predicted octanol–water partition coefficient (Wildman–Crippen LogP) is 1.20. The number of nitrogen functional groups attached to an aromatic ring is 1. The highest BCUT2D eigenvalue weighted by Crippen LogP contribution is 2.30. The third-order valence-corrected chi connectivity index (χ3v) is 5.28. The minimum Gasteiger partial charge on any atom is -0.382 e. The van der Waals surface area contributed by atoms with Crippen molar-refractivity contribution in [2.24, 2.45) is 0 Å². The lowest BCUT2D eigenvalue weighted by Gasteiger charge is -2.25. The normalized spacial score (nSPS) is 20.5. The molecule has 1 aromatic heterocycles. The highest BCUT2D eigenvalue weighted by atomic mass is 32.1. The van der Waals surface area contributed by atoms with Crippen LogP contribution in [0.5, 0.6) is 0 Å². The Bertz CT molecular complexity index is 492. The van der Waals surface area contributed by atoms with Crippen LogP contribution < -0.4 is 21.3 Å². The summed E-state index contributed by atoms with van der Waals surface area (Å²) in [4.78, 5) is 19.6. The van der Waals surface area contributed by atoms with E-state index < -0.39 is 0 Å². The van der Waals surface area contributed by atoms with E-state index in [0.717, 1.165) is 44.2 Å². The van der Waals surface area contributed by atoms with Crippen molar-refractivity contribution >= 4 is 28.2 Å². The van der Waals surface area contributed by atoms with Crippen LogP contribution in [0.1, 0.15) is 41.8 Å². The number of hydrogen-bond donors (Lipinski definition) is 3. The Kier molecular flexibility index (Phi) is 4.60. The number of hydrogen-bond acceptors (Lipinski definition) is 6. The molecule has 4 N–H and O–H groups in total. The summed E-state index contributed by atoms with van der Waals surface area (Å²) in [6, 6.07) is 0.249. The molecular formula is C14H23N5OS. The van der Waals surface area contributed by atoms with Crippen LogP contribution in [-0.4, -0.2) is 43.1 Å². The molecular weight excluding hydrogens is 286 g/mol. The average molecular weight is 309 g/mol. The molecule has 2 fully saturated rings. The van der Waals surface area contributed by atoms with Crippen LogP contribution in [0.25, 0.3) is 0 Å². The number of thiazole rings is 1. The zero-order chi connectivity index (χ0) is 14.7. The van der Waals surface area contributed by atoms with E-state index in [-0.39, 0.29) is 11.9 Å². The largest absolute Gasteiger partial charge is 0.382 e. The minimum atomic E-state index is -0.0693. The molecule has 2 saturated heterocycles. The molecule has 6 nitrogen and oxygen atoms in total. The minimum absolute atomic E-state index is 0.0693. The molecule has 21 heavy (non-hydrogen) atoms. The van der Waals surface area contributed by atoms with Gasteiger partial charge in [-0.05, 0) is 45.2 Å². The number of aromatic nitrogens is 1. The number of carbonyl (C=O) groups excluding carboxylic acids is 1. The van der Waals surface area contributed by atoms with Crippen molar-refractivity contribution in [1.82, 2.24) is 15.6 Å². The molecule has 0 atom stereocenters. The van der Waals surface area contributed by atoms with Gasteiger partial charge in [-0.3, -0.25) is 4.79 Å². The van der Waals surface area contributed by atoms with E-state index >= 15 is 0 Å². The molecule has 3 heterocycles. The lowest BCUT2D eigenvalue weighted by Crippen LogP contribution is -2.42. The summed E-state index contributed by atoms with van der Waals surface area (Å²) in [6.07, 6.45) is 5.61. The monoisotopic (exact) mass is 309 g/mol. The van der Waals surface area contributed by atoms with Crippen LogP contribution in [0.4, 0.5) is 10.9 Å². The van der Waals surface area contributed by atoms with Gasteiger partial charge in [-0.2, -0.15) is 0 Å². The van der Waals surface area contributed by atoms with Gasteiger partial charge in [0.25, 0.3) is 5.91 Å². The number of nitrogens with one attached hydrogen (secondary N) is 2. The summed E-state index contributed by atoms with van der Waals surface area (Å²) >= 11 is 1.42. The maximum Gasteiger partial charge on any atom is 0.265 e. The molecule has 0 spiro atoms. The van der Waals surface area contributed by atoms with Gasteiger partial charge in [0.05, 0.1) is 0 Å². The first-order chi connectivity index (χ1) is 10.2. The van der Waals surface area contributed by atoms with Crippen molar-refractivity contribution < 1.29 is 4.79 Å². The molecule has 2 aliphatic rings. The molecule has 1 aromatic rings. The van der Waals surface area contributed by atoms with Crippen molar-refractivity contribution in [3.63, 3.8) is 0 Å². The van der Waals surface area contributed by atoms with Gasteiger partial charge < -0.3 is 21.3 Å². The third-order valence-electron chi connectivity index (χ3n) is 4.15. The zero-order valence-corrected chi connectivity index (χ0v) is 13.0. The summed E-state index contributed by atoms with van der Waals surface area (Å²) in [5, 5.41) is 7.27. The highest BCUT2D eigenvalue weighted by Gasteiger charge is 2.23. The quantitative estimate of drug-likeness (QED) is 0.781. The average Bonchev–Trinajstić information content (AvgIpc) is 2.91. The summed E-state index contributed by atoms with van der Waals surface area (Å²) in [7, 11) is 0. The van der Waals surface area contributed by atoms with E-state index in [4.69, 9.17) is 5.73 Å². The summed E-state index contributed by atoms with van der Waals surface area (Å²) in [5.74, 6) is 0.298. The standard InChI is InChI=1S/C14H23N5OS/c15-12-11(13(20)17-10-4-6-16-7-5-10)21-14(18-12)19-8-2-1-3-9-19/h10,16H,1-9,15H2,(H,17,20). The highest BCUT2D eigenvalue weighted by molar-refractivity contribution is 7.18. The second-order valence-corrected chi connectivity index (χ2v) is 6.73. The second kappa shape index (κ2) is 6.62. The second-order valence-electron chi connectivity index (χ2n) is 5.76. The number of carbonyl (C=O) groups is 1. The van der Waals surface area contributed by atoms with Gasteiger partial charge in [-0.15, -0.1) is 0 Å². The lowest BCUT2D eigenvalue weighted by molar-refractivity contribution is 0.0934. The Labute approximate surface area is 129 Å². The number of nitrogens with two attached hydrogens (primary N) is 1. The van der Waals surface area contributed by atoms with Gasteiger partial charge in [0, 0.05) is 19.1 Å². The fourth-order valence-electron chi connectivity index (χ4n) is 2.92. The first-order valence-corrected chi connectivity index (χ1v) is 8.58. The fraction of sp³-hybridized carbons (Fsp3) is 0.714. The summed E-state index contributed by atoms with van der Waals surface area (Å²) < 4.78 is 0. The molecule has 3 rings (SSSR count). The zero-order valence-electron chi connectivity index (χ0n) is 12.2. The van der Waals surface area contributed by atoms with Gasteiger partial charge in [0.1, 0.15) is 10.7 Å². The van der Waals surface area contributed by atoms with E-state index in [9.17, 15) is 4.79 Å². The Balaban J connectivity index is 1.66. The van der Waals surface area contributed by atoms with Gasteiger partial charge in [-0.1, -0.05) is 11.3 Å². The Morgan fingerprint density at radius 1 is 1.29 bits per heavy atom. The molecule has 0 aliphatic carbocycles. The fourth-order valence-corrected chi connectivity index (χ4v) is 3.86. The number of rotatable bonds is 3. The van der Waals surface area contributed by atoms with Crippen molar-refractivity contribution in [2.75, 3.05) is 36.8 Å². The Morgan fingerprint density at radius 2 is 2.00 bits per heavy atom. The molecule has 1 amide bonds. The van der Waals surface area contributed by atoms with Gasteiger partial charge in [0.15, 0.2) is 5.13 Å². The first-order valence-electron chi connectivity index (χ1n) is 7.77. The SMILES string of the molecule is Nc1nc(N2CCCCC2)sc1C(=O)NC1CCNCC1.